The Morgan fingerprint density at radius 1 is 1.35 bits per heavy atom. The Kier molecular flexibility index (Phi) is 6.49. The predicted octanol–water partition coefficient (Wildman–Crippen LogP) is 0.884. The predicted molar refractivity (Wildman–Crippen MR) is 87.0 cm³/mol. The number of morpholine rings is 1. The molecule has 1 aromatic rings. The van der Waals surface area contributed by atoms with Crippen LogP contribution >= 0.6 is 0 Å². The second kappa shape index (κ2) is 8.16. The summed E-state index contributed by atoms with van der Waals surface area (Å²) < 4.78 is 39.6. The first-order valence-electron chi connectivity index (χ1n) is 7.73. The van der Waals surface area contributed by atoms with E-state index in [2.05, 4.69) is 4.98 Å². The SMILES string of the molecule is COCCN(Cc1ccccn1)S(=O)(=O)N1C[C@@H](C)O[C@@H](C)C1. The fourth-order valence-electron chi connectivity index (χ4n) is 2.62. The summed E-state index contributed by atoms with van der Waals surface area (Å²) in [6.07, 6.45) is 1.43. The third kappa shape index (κ3) is 4.95. The van der Waals surface area contributed by atoms with Crippen molar-refractivity contribution in [2.24, 2.45) is 0 Å². The lowest BCUT2D eigenvalue weighted by atomic mass is 10.3. The molecule has 2 rings (SSSR count). The molecule has 1 saturated heterocycles. The Hall–Kier alpha value is -1.06. The molecule has 0 spiro atoms. The summed E-state index contributed by atoms with van der Waals surface area (Å²) in [7, 11) is -2.03. The molecule has 0 saturated carbocycles. The van der Waals surface area contributed by atoms with E-state index in [-0.39, 0.29) is 25.3 Å². The first-order valence-corrected chi connectivity index (χ1v) is 9.12. The van der Waals surface area contributed by atoms with E-state index in [1.807, 2.05) is 32.0 Å². The number of hydrogen-bond donors (Lipinski definition) is 0. The first kappa shape index (κ1) is 18.3. The molecule has 0 N–H and O–H groups in total. The van der Waals surface area contributed by atoms with E-state index in [0.29, 0.717) is 25.4 Å². The monoisotopic (exact) mass is 343 g/mol. The van der Waals surface area contributed by atoms with Crippen molar-refractivity contribution in [2.75, 3.05) is 33.4 Å². The summed E-state index contributed by atoms with van der Waals surface area (Å²) in [6, 6.07) is 5.48. The van der Waals surface area contributed by atoms with Gasteiger partial charge in [0.1, 0.15) is 0 Å². The standard InChI is InChI=1S/C15H25N3O4S/c1-13-10-18(11-14(2)22-13)23(19,20)17(8-9-21-3)12-15-6-4-5-7-16-15/h4-7,13-14H,8-12H2,1-3H3/t13-,14+. The lowest BCUT2D eigenvalue weighted by Crippen LogP contribution is -2.53. The molecule has 23 heavy (non-hydrogen) atoms. The molecule has 0 unspecified atom stereocenters. The van der Waals surface area contributed by atoms with E-state index in [9.17, 15) is 8.42 Å². The zero-order valence-corrected chi connectivity index (χ0v) is 14.7. The normalized spacial score (nSPS) is 23.3. The van der Waals surface area contributed by atoms with Crippen LogP contribution in [0.5, 0.6) is 0 Å². The van der Waals surface area contributed by atoms with Crippen molar-refractivity contribution in [2.45, 2.75) is 32.6 Å². The van der Waals surface area contributed by atoms with E-state index >= 15 is 0 Å². The van der Waals surface area contributed by atoms with E-state index in [1.165, 1.54) is 8.61 Å². The molecule has 1 fully saturated rings. The van der Waals surface area contributed by atoms with Crippen molar-refractivity contribution in [1.82, 2.24) is 13.6 Å². The Labute approximate surface area is 138 Å². The van der Waals surface area contributed by atoms with Gasteiger partial charge in [-0.3, -0.25) is 4.98 Å². The van der Waals surface area contributed by atoms with Gasteiger partial charge in [0, 0.05) is 32.9 Å². The summed E-state index contributed by atoms with van der Waals surface area (Å²) in [4.78, 5) is 4.23. The minimum absolute atomic E-state index is 0.118. The topological polar surface area (TPSA) is 72.0 Å². The second-order valence-electron chi connectivity index (χ2n) is 5.73. The van der Waals surface area contributed by atoms with Crippen LogP contribution in [0.25, 0.3) is 0 Å². The van der Waals surface area contributed by atoms with E-state index in [0.717, 1.165) is 0 Å². The van der Waals surface area contributed by atoms with Crippen LogP contribution in [0.4, 0.5) is 0 Å². The summed E-state index contributed by atoms with van der Waals surface area (Å²) in [5, 5.41) is 0. The molecule has 0 amide bonds. The summed E-state index contributed by atoms with van der Waals surface area (Å²) in [5.74, 6) is 0. The van der Waals surface area contributed by atoms with E-state index in [4.69, 9.17) is 9.47 Å². The van der Waals surface area contributed by atoms with Gasteiger partial charge in [-0.1, -0.05) is 6.07 Å². The van der Waals surface area contributed by atoms with Crippen LogP contribution in [0.2, 0.25) is 0 Å². The van der Waals surface area contributed by atoms with Gasteiger partial charge in [-0.2, -0.15) is 17.0 Å². The van der Waals surface area contributed by atoms with Crippen molar-refractivity contribution in [3.05, 3.63) is 30.1 Å². The maximum Gasteiger partial charge on any atom is 0.282 e. The van der Waals surface area contributed by atoms with Gasteiger partial charge >= 0.3 is 0 Å². The first-order chi connectivity index (χ1) is 10.9. The van der Waals surface area contributed by atoms with Gasteiger partial charge in [-0.05, 0) is 26.0 Å². The van der Waals surface area contributed by atoms with Gasteiger partial charge in [0.2, 0.25) is 0 Å². The molecule has 8 heteroatoms. The highest BCUT2D eigenvalue weighted by Crippen LogP contribution is 2.19. The Bertz CT molecular complexity index is 572. The Morgan fingerprint density at radius 2 is 2.04 bits per heavy atom. The van der Waals surface area contributed by atoms with Gasteiger partial charge in [0.15, 0.2) is 0 Å². The largest absolute Gasteiger partial charge is 0.383 e. The van der Waals surface area contributed by atoms with E-state index in [1.54, 1.807) is 13.3 Å². The van der Waals surface area contributed by atoms with Crippen LogP contribution in [0, 0.1) is 0 Å². The van der Waals surface area contributed by atoms with Gasteiger partial charge in [-0.25, -0.2) is 0 Å². The summed E-state index contributed by atoms with van der Waals surface area (Å²) in [6.45, 7) is 5.34. The molecule has 130 valence electrons. The van der Waals surface area contributed by atoms with Gasteiger partial charge in [-0.15, -0.1) is 0 Å². The molecule has 1 aliphatic rings. The third-order valence-electron chi connectivity index (χ3n) is 3.65. The highest BCUT2D eigenvalue weighted by atomic mass is 32.2. The van der Waals surface area contributed by atoms with Crippen molar-refractivity contribution in [3.63, 3.8) is 0 Å². The summed E-state index contributed by atoms with van der Waals surface area (Å²) in [5.41, 5.74) is 0.710. The molecule has 7 nitrogen and oxygen atoms in total. The maximum atomic E-state index is 13.0. The molecular weight excluding hydrogens is 318 g/mol. The molecular formula is C15H25N3O4S. The summed E-state index contributed by atoms with van der Waals surface area (Å²) >= 11 is 0. The van der Waals surface area contributed by atoms with Crippen LogP contribution in [0.1, 0.15) is 19.5 Å². The Balaban J connectivity index is 2.18. The minimum atomic E-state index is -3.59. The third-order valence-corrected chi connectivity index (χ3v) is 5.56. The highest BCUT2D eigenvalue weighted by Gasteiger charge is 2.35. The number of hydrogen-bond acceptors (Lipinski definition) is 5. The molecule has 1 aromatic heterocycles. The maximum absolute atomic E-state index is 13.0. The van der Waals surface area contributed by atoms with Crippen LogP contribution < -0.4 is 0 Å². The van der Waals surface area contributed by atoms with Crippen molar-refractivity contribution in [1.29, 1.82) is 0 Å². The lowest BCUT2D eigenvalue weighted by Gasteiger charge is -2.37. The molecule has 1 aliphatic heterocycles. The quantitative estimate of drug-likeness (QED) is 0.735. The van der Waals surface area contributed by atoms with E-state index < -0.39 is 10.2 Å². The van der Waals surface area contributed by atoms with Gasteiger partial charge in [0.25, 0.3) is 10.2 Å². The molecule has 0 radical (unpaired) electrons. The van der Waals surface area contributed by atoms with Crippen LogP contribution in [-0.2, 0) is 26.2 Å². The van der Waals surface area contributed by atoms with Crippen LogP contribution in [0.3, 0.4) is 0 Å². The number of aromatic nitrogens is 1. The second-order valence-corrected chi connectivity index (χ2v) is 7.66. The van der Waals surface area contributed by atoms with Crippen molar-refractivity contribution in [3.8, 4) is 0 Å². The number of ether oxygens (including phenoxy) is 2. The Morgan fingerprint density at radius 3 is 2.61 bits per heavy atom. The van der Waals surface area contributed by atoms with Gasteiger partial charge in [0.05, 0.1) is 31.1 Å². The zero-order chi connectivity index (χ0) is 16.9. The fraction of sp³-hybridized carbons (Fsp3) is 0.667. The number of methoxy groups -OCH3 is 1. The number of rotatable bonds is 7. The van der Waals surface area contributed by atoms with Crippen molar-refractivity contribution < 1.29 is 17.9 Å². The van der Waals surface area contributed by atoms with Crippen LogP contribution in [0.15, 0.2) is 24.4 Å². The zero-order valence-electron chi connectivity index (χ0n) is 13.9. The minimum Gasteiger partial charge on any atom is -0.383 e. The lowest BCUT2D eigenvalue weighted by molar-refractivity contribution is -0.0456. The number of nitrogens with zero attached hydrogens (tertiary/aromatic N) is 3. The average Bonchev–Trinajstić information content (AvgIpc) is 2.51. The highest BCUT2D eigenvalue weighted by molar-refractivity contribution is 7.86. The number of pyridine rings is 1. The van der Waals surface area contributed by atoms with Crippen molar-refractivity contribution >= 4 is 10.2 Å². The fourth-order valence-corrected chi connectivity index (χ4v) is 4.35. The smallest absolute Gasteiger partial charge is 0.282 e. The van der Waals surface area contributed by atoms with Crippen LogP contribution in [-0.4, -0.2) is 67.6 Å². The van der Waals surface area contributed by atoms with Gasteiger partial charge < -0.3 is 9.47 Å². The molecule has 2 heterocycles. The average molecular weight is 343 g/mol. The molecule has 0 aliphatic carbocycles. The molecule has 2 atom stereocenters. The molecule has 0 aromatic carbocycles. The molecule has 0 bridgehead atoms.